The number of carbonyl (C=O) groups is 2. The van der Waals surface area contributed by atoms with Crippen molar-refractivity contribution in [2.24, 2.45) is 0 Å². The van der Waals surface area contributed by atoms with Crippen molar-refractivity contribution in [1.82, 2.24) is 4.98 Å². The van der Waals surface area contributed by atoms with Crippen LogP contribution in [0, 0.1) is 13.8 Å². The van der Waals surface area contributed by atoms with Gasteiger partial charge in [-0.1, -0.05) is 18.2 Å². The number of benzene rings is 2. The number of hydrogen-bond donors (Lipinski definition) is 1. The molecule has 1 N–H and O–H groups in total. The standard InChI is InChI=1S/C22H22N2O5/c1-13-6-5-7-14(2)21(13)24-20(25)12-29-19-11-18(22(26)28-4)23-17-9-8-15(27-3)10-16(17)19/h5-11H,12H2,1-4H3,(H,24,25). The van der Waals surface area contributed by atoms with Crippen LogP contribution in [0.1, 0.15) is 21.6 Å². The Morgan fingerprint density at radius 3 is 2.41 bits per heavy atom. The summed E-state index contributed by atoms with van der Waals surface area (Å²) in [5, 5.41) is 3.49. The molecule has 3 rings (SSSR count). The molecule has 0 aliphatic carbocycles. The number of carbonyl (C=O) groups excluding carboxylic acids is 2. The van der Waals surface area contributed by atoms with Crippen molar-refractivity contribution >= 4 is 28.5 Å². The molecule has 29 heavy (non-hydrogen) atoms. The highest BCUT2D eigenvalue weighted by Gasteiger charge is 2.16. The lowest BCUT2D eigenvalue weighted by atomic mass is 10.1. The van der Waals surface area contributed by atoms with E-state index < -0.39 is 5.97 Å². The molecule has 0 aliphatic heterocycles. The van der Waals surface area contributed by atoms with Crippen LogP contribution in [-0.4, -0.2) is 37.7 Å². The molecule has 1 heterocycles. The largest absolute Gasteiger partial charge is 0.497 e. The molecular weight excluding hydrogens is 372 g/mol. The zero-order valence-electron chi connectivity index (χ0n) is 16.7. The van der Waals surface area contributed by atoms with E-state index in [1.54, 1.807) is 25.3 Å². The molecule has 0 saturated carbocycles. The maximum absolute atomic E-state index is 12.5. The maximum atomic E-state index is 12.5. The number of anilines is 1. The van der Waals surface area contributed by atoms with Crippen LogP contribution < -0.4 is 14.8 Å². The molecule has 0 bridgehead atoms. The van der Waals surface area contributed by atoms with E-state index in [4.69, 9.17) is 14.2 Å². The van der Waals surface area contributed by atoms with Gasteiger partial charge in [0.15, 0.2) is 12.3 Å². The summed E-state index contributed by atoms with van der Waals surface area (Å²) >= 11 is 0. The molecule has 0 saturated heterocycles. The number of nitrogens with zero attached hydrogens (tertiary/aromatic N) is 1. The van der Waals surface area contributed by atoms with E-state index in [0.717, 1.165) is 16.8 Å². The fraction of sp³-hybridized carbons (Fsp3) is 0.227. The first-order chi connectivity index (χ1) is 13.9. The second kappa shape index (κ2) is 8.60. The zero-order chi connectivity index (χ0) is 21.0. The Morgan fingerprint density at radius 1 is 1.03 bits per heavy atom. The second-order valence-corrected chi connectivity index (χ2v) is 6.48. The van der Waals surface area contributed by atoms with Crippen LogP contribution in [0.5, 0.6) is 11.5 Å². The third-order valence-electron chi connectivity index (χ3n) is 4.48. The molecule has 1 amide bonds. The minimum atomic E-state index is -0.590. The van der Waals surface area contributed by atoms with Gasteiger partial charge in [-0.3, -0.25) is 4.79 Å². The summed E-state index contributed by atoms with van der Waals surface area (Å²) in [5.41, 5.74) is 3.31. The Labute approximate surface area is 168 Å². The Balaban J connectivity index is 1.87. The van der Waals surface area contributed by atoms with E-state index in [1.165, 1.54) is 13.2 Å². The number of amides is 1. The van der Waals surface area contributed by atoms with E-state index in [1.807, 2.05) is 32.0 Å². The van der Waals surface area contributed by atoms with Gasteiger partial charge in [0.2, 0.25) is 0 Å². The number of para-hydroxylation sites is 1. The third-order valence-corrected chi connectivity index (χ3v) is 4.48. The van der Waals surface area contributed by atoms with Gasteiger partial charge < -0.3 is 19.5 Å². The highest BCUT2D eigenvalue weighted by molar-refractivity contribution is 5.96. The highest BCUT2D eigenvalue weighted by Crippen LogP contribution is 2.29. The quantitative estimate of drug-likeness (QED) is 0.642. The Morgan fingerprint density at radius 2 is 1.76 bits per heavy atom. The minimum Gasteiger partial charge on any atom is -0.497 e. The Bertz CT molecular complexity index is 1060. The molecule has 0 unspecified atom stereocenters. The molecule has 7 nitrogen and oxygen atoms in total. The number of aromatic nitrogens is 1. The van der Waals surface area contributed by atoms with Crippen LogP contribution in [0.4, 0.5) is 5.69 Å². The van der Waals surface area contributed by atoms with E-state index >= 15 is 0 Å². The lowest BCUT2D eigenvalue weighted by Crippen LogP contribution is -2.21. The number of hydrogen-bond acceptors (Lipinski definition) is 6. The van der Waals surface area contributed by atoms with E-state index in [2.05, 4.69) is 10.3 Å². The maximum Gasteiger partial charge on any atom is 0.356 e. The number of rotatable bonds is 6. The fourth-order valence-corrected chi connectivity index (χ4v) is 2.96. The number of ether oxygens (including phenoxy) is 3. The first-order valence-electron chi connectivity index (χ1n) is 8.99. The van der Waals surface area contributed by atoms with Crippen LogP contribution in [0.3, 0.4) is 0 Å². The molecule has 150 valence electrons. The molecule has 0 spiro atoms. The Hall–Kier alpha value is -3.61. The van der Waals surface area contributed by atoms with Gasteiger partial charge in [0.05, 0.1) is 19.7 Å². The average Bonchev–Trinajstić information content (AvgIpc) is 2.73. The predicted octanol–water partition coefficient (Wildman–Crippen LogP) is 3.66. The summed E-state index contributed by atoms with van der Waals surface area (Å²) < 4.78 is 15.8. The Kier molecular flexibility index (Phi) is 5.97. The molecule has 2 aromatic carbocycles. The number of pyridine rings is 1. The van der Waals surface area contributed by atoms with Gasteiger partial charge in [0, 0.05) is 17.1 Å². The van der Waals surface area contributed by atoms with Gasteiger partial charge in [-0.05, 0) is 43.2 Å². The average molecular weight is 394 g/mol. The first kappa shape index (κ1) is 20.1. The van der Waals surface area contributed by atoms with Crippen molar-refractivity contribution < 1.29 is 23.8 Å². The molecular formula is C22H22N2O5. The fourth-order valence-electron chi connectivity index (χ4n) is 2.96. The number of fused-ring (bicyclic) bond motifs is 1. The summed E-state index contributed by atoms with van der Waals surface area (Å²) in [6.07, 6.45) is 0. The molecule has 7 heteroatoms. The summed E-state index contributed by atoms with van der Waals surface area (Å²) in [6, 6.07) is 12.4. The number of aryl methyl sites for hydroxylation is 2. The van der Waals surface area contributed by atoms with Gasteiger partial charge in [-0.25, -0.2) is 9.78 Å². The van der Waals surface area contributed by atoms with Crippen molar-refractivity contribution in [2.45, 2.75) is 13.8 Å². The van der Waals surface area contributed by atoms with E-state index in [0.29, 0.717) is 22.4 Å². The summed E-state index contributed by atoms with van der Waals surface area (Å²) in [4.78, 5) is 28.7. The van der Waals surface area contributed by atoms with Gasteiger partial charge >= 0.3 is 5.97 Å². The third kappa shape index (κ3) is 4.45. The number of methoxy groups -OCH3 is 2. The molecule has 0 atom stereocenters. The van der Waals surface area contributed by atoms with Crippen molar-refractivity contribution in [2.75, 3.05) is 26.1 Å². The van der Waals surface area contributed by atoms with Crippen molar-refractivity contribution in [3.8, 4) is 11.5 Å². The molecule has 1 aromatic heterocycles. The van der Waals surface area contributed by atoms with Crippen LogP contribution in [0.25, 0.3) is 10.9 Å². The summed E-state index contributed by atoms with van der Waals surface area (Å²) in [6.45, 7) is 3.62. The van der Waals surface area contributed by atoms with E-state index in [-0.39, 0.29) is 18.2 Å². The number of nitrogens with one attached hydrogen (secondary N) is 1. The van der Waals surface area contributed by atoms with Crippen molar-refractivity contribution in [1.29, 1.82) is 0 Å². The molecule has 0 aliphatic rings. The van der Waals surface area contributed by atoms with Crippen LogP contribution in [0.2, 0.25) is 0 Å². The summed E-state index contributed by atoms with van der Waals surface area (Å²) in [5.74, 6) is 0.0448. The topological polar surface area (TPSA) is 86.8 Å². The van der Waals surface area contributed by atoms with Crippen LogP contribution in [0.15, 0.2) is 42.5 Å². The van der Waals surface area contributed by atoms with Gasteiger partial charge in [0.25, 0.3) is 5.91 Å². The minimum absolute atomic E-state index is 0.0929. The zero-order valence-corrected chi connectivity index (χ0v) is 16.7. The monoisotopic (exact) mass is 394 g/mol. The molecule has 0 radical (unpaired) electrons. The lowest BCUT2D eigenvalue weighted by molar-refractivity contribution is -0.118. The molecule has 3 aromatic rings. The van der Waals surface area contributed by atoms with Gasteiger partial charge in [-0.15, -0.1) is 0 Å². The lowest BCUT2D eigenvalue weighted by Gasteiger charge is -2.14. The van der Waals surface area contributed by atoms with Crippen molar-refractivity contribution in [3.05, 3.63) is 59.3 Å². The normalized spacial score (nSPS) is 10.5. The SMILES string of the molecule is COC(=O)c1cc(OCC(=O)Nc2c(C)cccc2C)c2cc(OC)ccc2n1. The molecule has 0 fully saturated rings. The van der Waals surface area contributed by atoms with Crippen LogP contribution >= 0.6 is 0 Å². The number of esters is 1. The second-order valence-electron chi connectivity index (χ2n) is 6.48. The summed E-state index contributed by atoms with van der Waals surface area (Å²) in [7, 11) is 2.83. The smallest absolute Gasteiger partial charge is 0.356 e. The van der Waals surface area contributed by atoms with Gasteiger partial charge in [-0.2, -0.15) is 0 Å². The highest BCUT2D eigenvalue weighted by atomic mass is 16.5. The van der Waals surface area contributed by atoms with Crippen LogP contribution in [-0.2, 0) is 9.53 Å². The predicted molar refractivity (Wildman–Crippen MR) is 110 cm³/mol. The van der Waals surface area contributed by atoms with E-state index in [9.17, 15) is 9.59 Å². The first-order valence-corrected chi connectivity index (χ1v) is 8.99. The van der Waals surface area contributed by atoms with Gasteiger partial charge in [0.1, 0.15) is 11.5 Å². The van der Waals surface area contributed by atoms with Crippen molar-refractivity contribution in [3.63, 3.8) is 0 Å².